The average Bonchev–Trinajstić information content (AvgIpc) is 2.85. The van der Waals surface area contributed by atoms with Crippen molar-refractivity contribution in [3.63, 3.8) is 0 Å². The third kappa shape index (κ3) is 5.25. The maximum atomic E-state index is 14.3. The summed E-state index contributed by atoms with van der Waals surface area (Å²) in [5.41, 5.74) is 3.75. The maximum Gasteiger partial charge on any atom is 0.337 e. The normalized spacial score (nSPS) is 10.4. The zero-order chi connectivity index (χ0) is 27.4. The molecule has 0 spiro atoms. The number of aromatic hydroxyl groups is 1. The number of anilines is 1. The van der Waals surface area contributed by atoms with Crippen molar-refractivity contribution in [2.75, 3.05) is 19.5 Å². The van der Waals surface area contributed by atoms with Gasteiger partial charge < -0.3 is 30.7 Å². The fourth-order valence-electron chi connectivity index (χ4n) is 3.59. The third-order valence-corrected chi connectivity index (χ3v) is 5.78. The molecule has 13 heteroatoms. The number of phenols is 1. The van der Waals surface area contributed by atoms with Crippen LogP contribution in [0.15, 0.2) is 42.5 Å². The first kappa shape index (κ1) is 27.2. The van der Waals surface area contributed by atoms with Gasteiger partial charge in [0, 0.05) is 5.56 Å². The van der Waals surface area contributed by atoms with Crippen LogP contribution >= 0.6 is 23.8 Å². The minimum absolute atomic E-state index is 0.0772. The van der Waals surface area contributed by atoms with Gasteiger partial charge in [-0.15, -0.1) is 0 Å². The number of phenolic OH excluding ortho intramolecular Hbond substituents is 1. The average molecular weight is 548 g/mol. The van der Waals surface area contributed by atoms with Crippen LogP contribution in [0, 0.1) is 5.82 Å². The number of nitrogens with two attached hydrogens (primary N) is 1. The van der Waals surface area contributed by atoms with E-state index in [1.165, 1.54) is 50.6 Å². The van der Waals surface area contributed by atoms with Gasteiger partial charge in [-0.2, -0.15) is 0 Å². The van der Waals surface area contributed by atoms with E-state index in [0.717, 1.165) is 6.07 Å². The number of carboxylic acid groups (broad SMARTS) is 1. The van der Waals surface area contributed by atoms with E-state index in [-0.39, 0.29) is 49.5 Å². The molecule has 3 aromatic rings. The van der Waals surface area contributed by atoms with Crippen molar-refractivity contribution < 1.29 is 38.5 Å². The minimum Gasteiger partial charge on any atom is -0.505 e. The fraction of sp³-hybridized carbons (Fsp3) is 0.0833. The maximum absolute atomic E-state index is 14.3. The molecule has 0 radical (unpaired) electrons. The second-order valence-corrected chi connectivity index (χ2v) is 8.05. The molecule has 0 saturated carbocycles. The number of benzene rings is 3. The van der Waals surface area contributed by atoms with Crippen molar-refractivity contribution >= 4 is 52.4 Å². The number of rotatable bonds is 7. The van der Waals surface area contributed by atoms with Crippen LogP contribution in [-0.4, -0.2) is 47.3 Å². The van der Waals surface area contributed by atoms with Gasteiger partial charge in [0.1, 0.15) is 27.3 Å². The van der Waals surface area contributed by atoms with Crippen LogP contribution in [0.4, 0.5) is 14.9 Å². The highest BCUT2D eigenvalue weighted by atomic mass is 35.5. The Morgan fingerprint density at radius 1 is 1.03 bits per heavy atom. The summed E-state index contributed by atoms with van der Waals surface area (Å²) in [5.74, 6) is -4.23. The van der Waals surface area contributed by atoms with Gasteiger partial charge >= 0.3 is 12.0 Å². The van der Waals surface area contributed by atoms with Crippen LogP contribution in [0.25, 0.3) is 11.1 Å². The standard InChI is InChI=1S/C24H19ClFN3O7S/c1-35-19-14(18(30)16(25)20(36-2)15(19)22(37)29-24(27)34)11-7-5-8-12(23(32)33)17(11)28-21(31)10-6-3-4-9-13(10)26/h3-9,30H,1-2H3,(H,28,31)(H,32,33)(H3,27,29,34,37). The van der Waals surface area contributed by atoms with Crippen molar-refractivity contribution in [1.29, 1.82) is 0 Å². The van der Waals surface area contributed by atoms with Gasteiger partial charge in [0.25, 0.3) is 5.91 Å². The van der Waals surface area contributed by atoms with Crippen molar-refractivity contribution in [1.82, 2.24) is 5.32 Å². The molecule has 0 aliphatic rings. The Morgan fingerprint density at radius 3 is 2.22 bits per heavy atom. The number of urea groups is 1. The summed E-state index contributed by atoms with van der Waals surface area (Å²) in [5, 5.41) is 25.1. The van der Waals surface area contributed by atoms with Gasteiger partial charge in [-0.25, -0.2) is 14.0 Å². The molecule has 10 nitrogen and oxygen atoms in total. The number of methoxy groups -OCH3 is 2. The second kappa shape index (κ2) is 11.1. The number of ether oxygens (including phenoxy) is 2. The molecule has 0 aliphatic carbocycles. The van der Waals surface area contributed by atoms with Crippen LogP contribution in [0.1, 0.15) is 26.3 Å². The predicted molar refractivity (Wildman–Crippen MR) is 137 cm³/mol. The first-order valence-corrected chi connectivity index (χ1v) is 11.0. The summed E-state index contributed by atoms with van der Waals surface area (Å²) in [6.45, 7) is 0. The molecule has 6 N–H and O–H groups in total. The largest absolute Gasteiger partial charge is 0.505 e. The van der Waals surface area contributed by atoms with E-state index in [2.05, 4.69) is 10.6 Å². The highest BCUT2D eigenvalue weighted by molar-refractivity contribution is 7.80. The number of nitrogens with one attached hydrogen (secondary N) is 2. The Morgan fingerprint density at radius 2 is 1.65 bits per heavy atom. The number of thiocarbonyl (C=S) groups is 1. The third-order valence-electron chi connectivity index (χ3n) is 5.12. The number of hydrogen-bond acceptors (Lipinski definition) is 7. The molecule has 0 aliphatic heterocycles. The number of carbonyl (C=O) groups excluding carboxylic acids is 2. The summed E-state index contributed by atoms with van der Waals surface area (Å²) in [6.07, 6.45) is 0. The fourth-order valence-corrected chi connectivity index (χ4v) is 4.14. The molecule has 0 aromatic heterocycles. The smallest absolute Gasteiger partial charge is 0.337 e. The minimum atomic E-state index is -1.44. The zero-order valence-corrected chi connectivity index (χ0v) is 20.8. The van der Waals surface area contributed by atoms with E-state index in [1.807, 2.05) is 0 Å². The Bertz CT molecular complexity index is 1450. The van der Waals surface area contributed by atoms with Gasteiger partial charge in [0.15, 0.2) is 5.75 Å². The first-order valence-electron chi connectivity index (χ1n) is 10.2. The number of amides is 3. The number of aromatic carboxylic acids is 1. The lowest BCUT2D eigenvalue weighted by Crippen LogP contribution is -2.34. The molecular weight excluding hydrogens is 529 g/mol. The van der Waals surface area contributed by atoms with Crippen LogP contribution < -0.4 is 25.8 Å². The van der Waals surface area contributed by atoms with Crippen LogP contribution in [0.3, 0.4) is 0 Å². The Hall–Kier alpha value is -4.42. The van der Waals surface area contributed by atoms with E-state index >= 15 is 0 Å². The Labute approximate surface area is 219 Å². The number of para-hydroxylation sites is 1. The summed E-state index contributed by atoms with van der Waals surface area (Å²) in [4.78, 5) is 36.2. The SMILES string of the molecule is COc1c(Cl)c(O)c(-c2cccc(C(=O)O)c2NC(=O)c2ccccc2F)c(OC)c1C(=S)NC(N)=O. The van der Waals surface area contributed by atoms with E-state index in [4.69, 9.17) is 39.0 Å². The summed E-state index contributed by atoms with van der Waals surface area (Å²) >= 11 is 11.6. The predicted octanol–water partition coefficient (Wildman–Crippen LogP) is 4.16. The second-order valence-electron chi connectivity index (χ2n) is 7.26. The zero-order valence-electron chi connectivity index (χ0n) is 19.2. The number of halogens is 2. The van der Waals surface area contributed by atoms with Crippen LogP contribution in [0.5, 0.6) is 17.2 Å². The molecule has 3 rings (SSSR count). The molecule has 192 valence electrons. The monoisotopic (exact) mass is 547 g/mol. The van der Waals surface area contributed by atoms with Gasteiger partial charge in [-0.05, 0) is 18.2 Å². The van der Waals surface area contributed by atoms with Crippen LogP contribution in [0.2, 0.25) is 5.02 Å². The Balaban J connectivity index is 2.37. The van der Waals surface area contributed by atoms with Crippen LogP contribution in [-0.2, 0) is 0 Å². The quantitative estimate of drug-likeness (QED) is 0.275. The van der Waals surface area contributed by atoms with Gasteiger partial charge in [0.05, 0.1) is 42.2 Å². The number of hydrogen-bond donors (Lipinski definition) is 5. The highest BCUT2D eigenvalue weighted by Gasteiger charge is 2.31. The van der Waals surface area contributed by atoms with E-state index in [0.29, 0.717) is 0 Å². The van der Waals surface area contributed by atoms with Crippen molar-refractivity contribution in [2.24, 2.45) is 5.73 Å². The van der Waals surface area contributed by atoms with Crippen molar-refractivity contribution in [2.45, 2.75) is 0 Å². The van der Waals surface area contributed by atoms with Crippen molar-refractivity contribution in [3.8, 4) is 28.4 Å². The number of carboxylic acids is 1. The molecule has 0 unspecified atom stereocenters. The molecule has 0 bridgehead atoms. The molecule has 0 atom stereocenters. The van der Waals surface area contributed by atoms with E-state index in [1.54, 1.807) is 0 Å². The highest BCUT2D eigenvalue weighted by Crippen LogP contribution is 2.52. The van der Waals surface area contributed by atoms with Crippen molar-refractivity contribution in [3.05, 3.63) is 70.0 Å². The number of primary amides is 1. The summed E-state index contributed by atoms with van der Waals surface area (Å²) < 4.78 is 25.0. The molecule has 0 heterocycles. The topological polar surface area (TPSA) is 160 Å². The molecule has 3 amide bonds. The van der Waals surface area contributed by atoms with E-state index in [9.17, 15) is 29.0 Å². The molecule has 0 saturated heterocycles. The molecular formula is C24H19ClFN3O7S. The molecule has 37 heavy (non-hydrogen) atoms. The summed E-state index contributed by atoms with van der Waals surface area (Å²) in [6, 6.07) is 7.97. The first-order chi connectivity index (χ1) is 17.5. The number of carbonyl (C=O) groups is 3. The van der Waals surface area contributed by atoms with Gasteiger partial charge in [-0.1, -0.05) is 48.1 Å². The molecule has 0 fully saturated rings. The lowest BCUT2D eigenvalue weighted by molar-refractivity contribution is 0.0698. The summed E-state index contributed by atoms with van der Waals surface area (Å²) in [7, 11) is 2.43. The Kier molecular flexibility index (Phi) is 8.15. The van der Waals surface area contributed by atoms with Gasteiger partial charge in [-0.3, -0.25) is 10.1 Å². The lowest BCUT2D eigenvalue weighted by Gasteiger charge is -2.22. The molecule has 3 aromatic carbocycles. The van der Waals surface area contributed by atoms with E-state index < -0.39 is 35.0 Å². The van der Waals surface area contributed by atoms with Gasteiger partial charge in [0.2, 0.25) is 0 Å². The lowest BCUT2D eigenvalue weighted by atomic mass is 9.95.